The third-order valence-corrected chi connectivity index (χ3v) is 3.35. The van der Waals surface area contributed by atoms with Crippen molar-refractivity contribution in [2.45, 2.75) is 0 Å². The van der Waals surface area contributed by atoms with Gasteiger partial charge in [0.25, 0.3) is 0 Å². The predicted octanol–water partition coefficient (Wildman–Crippen LogP) is 2.47. The van der Waals surface area contributed by atoms with Crippen LogP contribution in [0.4, 0.5) is 5.69 Å². The predicted molar refractivity (Wildman–Crippen MR) is 86.7 cm³/mol. The average molecular weight is 317 g/mol. The van der Waals surface area contributed by atoms with Gasteiger partial charge in [0, 0.05) is 11.1 Å². The summed E-state index contributed by atoms with van der Waals surface area (Å²) in [6.07, 6.45) is 0. The zero-order chi connectivity index (χ0) is 16.3. The Morgan fingerprint density at radius 3 is 2.55 bits per heavy atom. The molecule has 0 aromatic heterocycles. The summed E-state index contributed by atoms with van der Waals surface area (Å²) in [4.78, 5) is 12.1. The fourth-order valence-corrected chi connectivity index (χ4v) is 2.21. The van der Waals surface area contributed by atoms with Gasteiger partial charge in [-0.3, -0.25) is 5.21 Å². The zero-order valence-corrected chi connectivity index (χ0v) is 12.5. The molecule has 114 valence electrons. The molecule has 2 aromatic rings. The average Bonchev–Trinajstić information content (AvgIpc) is 2.53. The molecule has 0 saturated carbocycles. The molecule has 0 unspecified atom stereocenters. The molecule has 0 heterocycles. The van der Waals surface area contributed by atoms with Crippen molar-refractivity contribution in [2.24, 2.45) is 5.73 Å². The number of para-hydroxylation sites is 1. The van der Waals surface area contributed by atoms with Crippen LogP contribution in [-0.4, -0.2) is 23.3 Å². The molecule has 0 amide bonds. The number of anilines is 1. The molecular weight excluding hydrogens is 304 g/mol. The van der Waals surface area contributed by atoms with Crippen molar-refractivity contribution in [3.05, 3.63) is 58.8 Å². The van der Waals surface area contributed by atoms with Crippen LogP contribution in [0.3, 0.4) is 0 Å². The largest absolute Gasteiger partial charge is 0.733 e. The summed E-state index contributed by atoms with van der Waals surface area (Å²) in [5.41, 5.74) is 7.09. The van der Waals surface area contributed by atoms with E-state index < -0.39 is 5.97 Å². The Hall–Kier alpha value is -2.48. The minimum absolute atomic E-state index is 0.00993. The van der Waals surface area contributed by atoms with Gasteiger partial charge in [-0.1, -0.05) is 42.5 Å². The first-order valence-corrected chi connectivity index (χ1v) is 6.64. The van der Waals surface area contributed by atoms with E-state index in [-0.39, 0.29) is 21.5 Å². The minimum Gasteiger partial charge on any atom is -0.733 e. The molecule has 0 atom stereocenters. The number of nitrogens with two attached hydrogens (primary N) is 1. The number of nitrogens with zero attached hydrogens (tertiary/aromatic N) is 1. The zero-order valence-electron chi connectivity index (χ0n) is 11.6. The van der Waals surface area contributed by atoms with Gasteiger partial charge >= 0.3 is 5.97 Å². The van der Waals surface area contributed by atoms with E-state index in [1.54, 1.807) is 30.3 Å². The molecular formula is C15H13N2O4S-. The Labute approximate surface area is 132 Å². The van der Waals surface area contributed by atoms with Crippen molar-refractivity contribution in [3.8, 4) is 11.1 Å². The molecule has 2 rings (SSSR count). The maximum Gasteiger partial charge on any atom is 0.338 e. The second-order valence-corrected chi connectivity index (χ2v) is 4.85. The molecule has 0 spiro atoms. The quantitative estimate of drug-likeness (QED) is 0.507. The van der Waals surface area contributed by atoms with Crippen molar-refractivity contribution >= 4 is 28.9 Å². The minimum atomic E-state index is -0.599. The molecule has 0 bridgehead atoms. The first kappa shape index (κ1) is 15.9. The number of hydrogen-bond acceptors (Lipinski definition) is 6. The van der Waals surface area contributed by atoms with Gasteiger partial charge < -0.3 is 20.9 Å². The Bertz CT molecular complexity index is 731. The summed E-state index contributed by atoms with van der Waals surface area (Å²) in [6, 6.07) is 11.1. The number of benzene rings is 2. The Morgan fingerprint density at radius 2 is 1.95 bits per heavy atom. The second kappa shape index (κ2) is 6.52. The number of rotatable bonds is 4. The van der Waals surface area contributed by atoms with Gasteiger partial charge in [-0.15, -0.1) is 0 Å². The van der Waals surface area contributed by atoms with E-state index in [4.69, 9.17) is 22.7 Å². The third kappa shape index (κ3) is 3.06. The van der Waals surface area contributed by atoms with E-state index >= 15 is 0 Å². The van der Waals surface area contributed by atoms with Gasteiger partial charge in [-0.2, -0.15) is 0 Å². The van der Waals surface area contributed by atoms with E-state index in [0.717, 1.165) is 0 Å². The van der Waals surface area contributed by atoms with Crippen LogP contribution < -0.4 is 11.0 Å². The summed E-state index contributed by atoms with van der Waals surface area (Å²) in [6.45, 7) is 0. The molecule has 3 N–H and O–H groups in total. The van der Waals surface area contributed by atoms with Crippen molar-refractivity contribution in [3.63, 3.8) is 0 Å². The van der Waals surface area contributed by atoms with Crippen LogP contribution in [0.1, 0.15) is 15.9 Å². The van der Waals surface area contributed by atoms with Gasteiger partial charge in [0.1, 0.15) is 4.99 Å². The first-order chi connectivity index (χ1) is 10.5. The van der Waals surface area contributed by atoms with E-state index in [0.29, 0.717) is 16.7 Å². The Morgan fingerprint density at radius 1 is 1.27 bits per heavy atom. The maximum atomic E-state index is 12.0. The summed E-state index contributed by atoms with van der Waals surface area (Å²) in [7, 11) is 1.25. The number of carbonyl (C=O) groups excluding carboxylic acids is 1. The lowest BCUT2D eigenvalue weighted by Crippen LogP contribution is -2.13. The summed E-state index contributed by atoms with van der Waals surface area (Å²) < 4.78 is 4.76. The molecule has 0 aliphatic rings. The smallest absolute Gasteiger partial charge is 0.338 e. The fraction of sp³-hybridized carbons (Fsp3) is 0.0667. The number of hydrogen-bond donors (Lipinski definition) is 2. The summed E-state index contributed by atoms with van der Waals surface area (Å²) in [5, 5.41) is 20.2. The Kier molecular flexibility index (Phi) is 4.71. The van der Waals surface area contributed by atoms with Crippen LogP contribution in [0.15, 0.2) is 42.5 Å². The lowest BCUT2D eigenvalue weighted by atomic mass is 9.96. The van der Waals surface area contributed by atoms with Gasteiger partial charge in [0.2, 0.25) is 0 Å². The number of methoxy groups -OCH3 is 1. The van der Waals surface area contributed by atoms with Crippen LogP contribution in [0.2, 0.25) is 0 Å². The van der Waals surface area contributed by atoms with E-state index in [1.807, 2.05) is 0 Å². The van der Waals surface area contributed by atoms with Gasteiger partial charge in [-0.25, -0.2) is 4.79 Å². The van der Waals surface area contributed by atoms with Crippen LogP contribution in [0, 0.1) is 5.21 Å². The fourth-order valence-electron chi connectivity index (χ4n) is 2.08. The van der Waals surface area contributed by atoms with Crippen molar-refractivity contribution < 1.29 is 14.7 Å². The first-order valence-electron chi connectivity index (χ1n) is 6.23. The van der Waals surface area contributed by atoms with E-state index in [9.17, 15) is 15.2 Å². The second-order valence-electron chi connectivity index (χ2n) is 4.41. The standard InChI is InChI=1S/C15H13N2O4S/c1-21-15(18)12-8-9(14(16)22)6-7-10(12)11-4-2-3-5-13(11)17(19)20/h2-8,19H,1H3,(H2,16,22)/q-1. The number of carbonyl (C=O) groups is 1. The van der Waals surface area contributed by atoms with Crippen LogP contribution in [-0.2, 0) is 4.74 Å². The number of esters is 1. The van der Waals surface area contributed by atoms with Gasteiger partial charge in [0.15, 0.2) is 0 Å². The lowest BCUT2D eigenvalue weighted by molar-refractivity contribution is 0.0601. The summed E-state index contributed by atoms with van der Waals surface area (Å²) >= 11 is 4.90. The van der Waals surface area contributed by atoms with E-state index in [1.165, 1.54) is 19.2 Å². The van der Waals surface area contributed by atoms with E-state index in [2.05, 4.69) is 0 Å². The van der Waals surface area contributed by atoms with Crippen molar-refractivity contribution in [2.75, 3.05) is 12.3 Å². The normalized spacial score (nSPS) is 10.1. The maximum absolute atomic E-state index is 12.0. The Balaban J connectivity index is 2.70. The van der Waals surface area contributed by atoms with Crippen LogP contribution >= 0.6 is 12.2 Å². The van der Waals surface area contributed by atoms with Crippen molar-refractivity contribution in [1.29, 1.82) is 0 Å². The molecule has 7 heteroatoms. The topological polar surface area (TPSA) is 98.9 Å². The molecule has 0 saturated heterocycles. The SMILES string of the molecule is COC(=O)c1cc(C(N)=S)ccc1-c1ccccc1N([O-])O. The molecule has 0 aliphatic heterocycles. The molecule has 0 radical (unpaired) electrons. The summed E-state index contributed by atoms with van der Waals surface area (Å²) in [5.74, 6) is -0.599. The highest BCUT2D eigenvalue weighted by atomic mass is 32.1. The number of ether oxygens (including phenoxy) is 1. The monoisotopic (exact) mass is 317 g/mol. The highest BCUT2D eigenvalue weighted by Gasteiger charge is 2.17. The van der Waals surface area contributed by atoms with Crippen LogP contribution in [0.25, 0.3) is 11.1 Å². The van der Waals surface area contributed by atoms with Crippen LogP contribution in [0.5, 0.6) is 0 Å². The lowest BCUT2D eigenvalue weighted by Gasteiger charge is -2.25. The van der Waals surface area contributed by atoms with Crippen molar-refractivity contribution in [1.82, 2.24) is 0 Å². The third-order valence-electron chi connectivity index (χ3n) is 3.11. The molecule has 6 nitrogen and oxygen atoms in total. The molecule has 0 fully saturated rings. The highest BCUT2D eigenvalue weighted by molar-refractivity contribution is 7.80. The molecule has 22 heavy (non-hydrogen) atoms. The number of thiocarbonyl (C=S) groups is 1. The molecule has 0 aliphatic carbocycles. The highest BCUT2D eigenvalue weighted by Crippen LogP contribution is 2.33. The van der Waals surface area contributed by atoms with Gasteiger partial charge in [-0.05, 0) is 17.7 Å². The molecule has 2 aromatic carbocycles. The van der Waals surface area contributed by atoms with Gasteiger partial charge in [0.05, 0.1) is 18.4 Å².